The van der Waals surface area contributed by atoms with Gasteiger partial charge in [-0.2, -0.15) is 0 Å². The Hall–Kier alpha value is -2.04. The molecule has 0 heterocycles. The minimum atomic E-state index is -0.675. The lowest BCUT2D eigenvalue weighted by molar-refractivity contribution is -0.136. The van der Waals surface area contributed by atoms with Gasteiger partial charge in [-0.25, -0.2) is 0 Å². The summed E-state index contributed by atoms with van der Waals surface area (Å²) < 4.78 is 5.59. The van der Waals surface area contributed by atoms with Crippen LogP contribution in [0.1, 0.15) is 40.0 Å². The van der Waals surface area contributed by atoms with Gasteiger partial charge in [-0.3, -0.25) is 9.59 Å². The van der Waals surface area contributed by atoms with Gasteiger partial charge < -0.3 is 15.4 Å². The van der Waals surface area contributed by atoms with Crippen LogP contribution in [-0.4, -0.2) is 24.5 Å². The number of unbranched alkanes of at least 4 members (excludes halogenated alkanes) is 2. The molecule has 5 nitrogen and oxygen atoms in total. The quantitative estimate of drug-likeness (QED) is 0.600. The van der Waals surface area contributed by atoms with Crippen LogP contribution in [0.3, 0.4) is 0 Å². The summed E-state index contributed by atoms with van der Waals surface area (Å²) in [5.74, 6) is -0.739. The Labute approximate surface area is 126 Å². The van der Waals surface area contributed by atoms with Crippen molar-refractivity contribution in [3.8, 4) is 5.75 Å². The minimum Gasteiger partial charge on any atom is -0.489 e. The van der Waals surface area contributed by atoms with Crippen molar-refractivity contribution in [2.75, 3.05) is 11.9 Å². The van der Waals surface area contributed by atoms with Gasteiger partial charge in [-0.1, -0.05) is 31.9 Å². The highest BCUT2D eigenvalue weighted by atomic mass is 16.5. The van der Waals surface area contributed by atoms with Crippen molar-refractivity contribution in [1.29, 1.82) is 0 Å². The van der Waals surface area contributed by atoms with Gasteiger partial charge in [0.1, 0.15) is 5.75 Å². The summed E-state index contributed by atoms with van der Waals surface area (Å²) in [6.45, 7) is 6.41. The standard InChI is InChI=1S/C16H24N2O3/c1-4-5-8-11-17-15(19)16(20)18-13-9-6-7-10-14(13)21-12(2)3/h6-7,9-10,12H,4-5,8,11H2,1-3H3,(H,17,19)(H,18,20). The van der Waals surface area contributed by atoms with E-state index in [2.05, 4.69) is 17.6 Å². The highest BCUT2D eigenvalue weighted by Gasteiger charge is 2.15. The molecule has 0 saturated heterocycles. The maximum Gasteiger partial charge on any atom is 0.313 e. The molecule has 0 bridgehead atoms. The lowest BCUT2D eigenvalue weighted by Crippen LogP contribution is -2.36. The summed E-state index contributed by atoms with van der Waals surface area (Å²) in [6.07, 6.45) is 2.98. The Morgan fingerprint density at radius 1 is 1.14 bits per heavy atom. The molecule has 116 valence electrons. The monoisotopic (exact) mass is 292 g/mol. The van der Waals surface area contributed by atoms with Crippen LogP contribution in [0.5, 0.6) is 5.75 Å². The fraction of sp³-hybridized carbons (Fsp3) is 0.500. The van der Waals surface area contributed by atoms with Gasteiger partial charge in [-0.05, 0) is 32.4 Å². The Morgan fingerprint density at radius 3 is 2.52 bits per heavy atom. The summed E-state index contributed by atoms with van der Waals surface area (Å²) in [7, 11) is 0. The molecule has 5 heteroatoms. The summed E-state index contributed by atoms with van der Waals surface area (Å²) >= 11 is 0. The molecule has 0 radical (unpaired) electrons. The van der Waals surface area contributed by atoms with E-state index in [1.165, 1.54) is 0 Å². The third-order valence-corrected chi connectivity index (χ3v) is 2.77. The number of rotatable bonds is 7. The van der Waals surface area contributed by atoms with E-state index in [4.69, 9.17) is 4.74 Å². The average molecular weight is 292 g/mol. The van der Waals surface area contributed by atoms with Gasteiger partial charge in [-0.15, -0.1) is 0 Å². The van der Waals surface area contributed by atoms with Crippen molar-refractivity contribution in [3.05, 3.63) is 24.3 Å². The molecule has 0 aliphatic carbocycles. The lowest BCUT2D eigenvalue weighted by atomic mass is 10.2. The zero-order valence-electron chi connectivity index (χ0n) is 12.9. The Bertz CT molecular complexity index is 472. The molecule has 0 saturated carbocycles. The first-order valence-corrected chi connectivity index (χ1v) is 7.39. The largest absolute Gasteiger partial charge is 0.489 e. The predicted molar refractivity (Wildman–Crippen MR) is 83.4 cm³/mol. The van der Waals surface area contributed by atoms with E-state index < -0.39 is 11.8 Å². The van der Waals surface area contributed by atoms with E-state index in [0.29, 0.717) is 18.0 Å². The summed E-state index contributed by atoms with van der Waals surface area (Å²) in [4.78, 5) is 23.5. The molecule has 1 aromatic carbocycles. The zero-order chi connectivity index (χ0) is 15.7. The van der Waals surface area contributed by atoms with Crippen molar-refractivity contribution >= 4 is 17.5 Å². The van der Waals surface area contributed by atoms with Crippen molar-refractivity contribution < 1.29 is 14.3 Å². The SMILES string of the molecule is CCCCCNC(=O)C(=O)Nc1ccccc1OC(C)C. The number of benzene rings is 1. The van der Waals surface area contributed by atoms with Crippen LogP contribution in [0.25, 0.3) is 0 Å². The molecule has 2 amide bonds. The van der Waals surface area contributed by atoms with Crippen LogP contribution in [-0.2, 0) is 9.59 Å². The number of nitrogens with one attached hydrogen (secondary N) is 2. The molecule has 0 unspecified atom stereocenters. The van der Waals surface area contributed by atoms with E-state index in [1.807, 2.05) is 19.9 Å². The number of carbonyl (C=O) groups is 2. The number of carbonyl (C=O) groups excluding carboxylic acids is 2. The minimum absolute atomic E-state index is 0.00841. The molecule has 0 atom stereocenters. The normalized spacial score (nSPS) is 10.3. The van der Waals surface area contributed by atoms with E-state index >= 15 is 0 Å². The first-order valence-electron chi connectivity index (χ1n) is 7.39. The fourth-order valence-corrected chi connectivity index (χ4v) is 1.76. The molecule has 0 fully saturated rings. The van der Waals surface area contributed by atoms with Crippen molar-refractivity contribution in [2.24, 2.45) is 0 Å². The van der Waals surface area contributed by atoms with Crippen LogP contribution in [0.15, 0.2) is 24.3 Å². The fourth-order valence-electron chi connectivity index (χ4n) is 1.76. The molecular formula is C16H24N2O3. The number of amides is 2. The topological polar surface area (TPSA) is 67.4 Å². The maximum atomic E-state index is 11.8. The van der Waals surface area contributed by atoms with Crippen molar-refractivity contribution in [2.45, 2.75) is 46.1 Å². The third-order valence-electron chi connectivity index (χ3n) is 2.77. The molecule has 0 aliphatic heterocycles. The first kappa shape index (κ1) is 17.0. The number of anilines is 1. The zero-order valence-corrected chi connectivity index (χ0v) is 12.9. The highest BCUT2D eigenvalue weighted by molar-refractivity contribution is 6.39. The van der Waals surface area contributed by atoms with Crippen molar-refractivity contribution in [1.82, 2.24) is 5.32 Å². The third kappa shape index (κ3) is 6.29. The molecule has 21 heavy (non-hydrogen) atoms. The molecule has 0 aliphatic rings. The molecule has 1 aromatic rings. The Balaban J connectivity index is 2.56. The smallest absolute Gasteiger partial charge is 0.313 e. The highest BCUT2D eigenvalue weighted by Crippen LogP contribution is 2.24. The predicted octanol–water partition coefficient (Wildman–Crippen LogP) is 2.72. The van der Waals surface area contributed by atoms with E-state index in [0.717, 1.165) is 19.3 Å². The first-order chi connectivity index (χ1) is 10.0. The van der Waals surface area contributed by atoms with Gasteiger partial charge in [0.25, 0.3) is 0 Å². The number of ether oxygens (including phenoxy) is 1. The average Bonchev–Trinajstić information content (AvgIpc) is 2.45. The number of para-hydroxylation sites is 2. The van der Waals surface area contributed by atoms with Gasteiger partial charge in [0.2, 0.25) is 0 Å². The second kappa shape index (κ2) is 9.00. The van der Waals surface area contributed by atoms with Crippen LogP contribution in [0, 0.1) is 0 Å². The summed E-state index contributed by atoms with van der Waals surface area (Å²) in [5, 5.41) is 5.19. The van der Waals surface area contributed by atoms with Gasteiger partial charge in [0.05, 0.1) is 11.8 Å². The Morgan fingerprint density at radius 2 is 1.86 bits per heavy atom. The maximum absolute atomic E-state index is 11.8. The summed E-state index contributed by atoms with van der Waals surface area (Å²) in [5.41, 5.74) is 0.500. The van der Waals surface area contributed by atoms with Crippen molar-refractivity contribution in [3.63, 3.8) is 0 Å². The van der Waals surface area contributed by atoms with Crippen LogP contribution >= 0.6 is 0 Å². The van der Waals surface area contributed by atoms with E-state index in [-0.39, 0.29) is 6.10 Å². The Kier molecular flexibility index (Phi) is 7.29. The van der Waals surface area contributed by atoms with Gasteiger partial charge >= 0.3 is 11.8 Å². The lowest BCUT2D eigenvalue weighted by Gasteiger charge is -2.14. The molecule has 1 rings (SSSR count). The van der Waals surface area contributed by atoms with Crippen LogP contribution in [0.4, 0.5) is 5.69 Å². The molecule has 0 spiro atoms. The van der Waals surface area contributed by atoms with Gasteiger partial charge in [0, 0.05) is 6.54 Å². The van der Waals surface area contributed by atoms with E-state index in [9.17, 15) is 9.59 Å². The number of hydrogen-bond acceptors (Lipinski definition) is 3. The second-order valence-electron chi connectivity index (χ2n) is 5.08. The molecular weight excluding hydrogens is 268 g/mol. The van der Waals surface area contributed by atoms with E-state index in [1.54, 1.807) is 18.2 Å². The van der Waals surface area contributed by atoms with Gasteiger partial charge in [0.15, 0.2) is 0 Å². The van der Waals surface area contributed by atoms with Crippen LogP contribution < -0.4 is 15.4 Å². The summed E-state index contributed by atoms with van der Waals surface area (Å²) in [6, 6.07) is 7.06. The second-order valence-corrected chi connectivity index (χ2v) is 5.08. The number of hydrogen-bond donors (Lipinski definition) is 2. The molecule has 2 N–H and O–H groups in total. The van der Waals surface area contributed by atoms with Crippen LogP contribution in [0.2, 0.25) is 0 Å². The molecule has 0 aromatic heterocycles.